The Labute approximate surface area is 165 Å². The maximum absolute atomic E-state index is 13.1. The summed E-state index contributed by atoms with van der Waals surface area (Å²) in [5.41, 5.74) is 3.63. The van der Waals surface area contributed by atoms with E-state index in [1.165, 1.54) is 10.4 Å². The van der Waals surface area contributed by atoms with Crippen LogP contribution in [0.3, 0.4) is 0 Å². The fourth-order valence-corrected chi connectivity index (χ4v) is 5.05. The van der Waals surface area contributed by atoms with Crippen molar-refractivity contribution in [2.75, 3.05) is 31.1 Å². The third kappa shape index (κ3) is 3.66. The van der Waals surface area contributed by atoms with Crippen LogP contribution in [-0.4, -0.2) is 38.9 Å². The molecule has 0 unspecified atom stereocenters. The van der Waals surface area contributed by atoms with Gasteiger partial charge in [-0.3, -0.25) is 0 Å². The molecule has 0 saturated carbocycles. The van der Waals surface area contributed by atoms with Gasteiger partial charge in [-0.2, -0.15) is 9.57 Å². The zero-order chi connectivity index (χ0) is 18.1. The Morgan fingerprint density at radius 3 is 2.52 bits per heavy atom. The van der Waals surface area contributed by atoms with Crippen molar-refractivity contribution < 1.29 is 8.42 Å². The zero-order valence-corrected chi connectivity index (χ0v) is 16.4. The second kappa shape index (κ2) is 7.87. The average molecular weight is 405 g/mol. The Morgan fingerprint density at radius 2 is 1.78 bits per heavy atom. The van der Waals surface area contributed by atoms with E-state index < -0.39 is 10.0 Å². The molecule has 2 aromatic carbocycles. The molecule has 4 rings (SSSR count). The van der Waals surface area contributed by atoms with Crippen molar-refractivity contribution in [3.05, 3.63) is 59.2 Å². The molecule has 142 valence electrons. The molecular weight excluding hydrogens is 384 g/mol. The number of piperazine rings is 1. The lowest BCUT2D eigenvalue weighted by Crippen LogP contribution is -2.43. The number of rotatable bonds is 3. The Morgan fingerprint density at radius 1 is 1.04 bits per heavy atom. The predicted molar refractivity (Wildman–Crippen MR) is 106 cm³/mol. The van der Waals surface area contributed by atoms with Crippen molar-refractivity contribution in [2.45, 2.75) is 18.0 Å². The lowest BCUT2D eigenvalue weighted by atomic mass is 10.1. The van der Waals surface area contributed by atoms with Gasteiger partial charge in [-0.1, -0.05) is 18.2 Å². The van der Waals surface area contributed by atoms with Crippen LogP contribution >= 0.6 is 12.4 Å². The molecule has 1 saturated heterocycles. The van der Waals surface area contributed by atoms with E-state index in [1.807, 2.05) is 18.2 Å². The summed E-state index contributed by atoms with van der Waals surface area (Å²) in [5, 5.41) is 12.4. The van der Waals surface area contributed by atoms with Crippen LogP contribution in [0.4, 0.5) is 5.69 Å². The molecule has 6 nitrogen and oxygen atoms in total. The van der Waals surface area contributed by atoms with Crippen LogP contribution in [0, 0.1) is 11.3 Å². The number of nitriles is 1. The van der Waals surface area contributed by atoms with Crippen LogP contribution < -0.4 is 10.2 Å². The molecule has 2 aliphatic heterocycles. The van der Waals surface area contributed by atoms with E-state index in [2.05, 4.69) is 16.3 Å². The lowest BCUT2D eigenvalue weighted by molar-refractivity contribution is 0.431. The Hall–Kier alpha value is -2.11. The van der Waals surface area contributed by atoms with Gasteiger partial charge >= 0.3 is 0 Å². The van der Waals surface area contributed by atoms with Gasteiger partial charge < -0.3 is 10.2 Å². The molecule has 27 heavy (non-hydrogen) atoms. The molecule has 8 heteroatoms. The summed E-state index contributed by atoms with van der Waals surface area (Å²) in [7, 11) is -3.64. The standard InChI is InChI=1S/C19H20N4O2S.ClH/c20-12-15-3-1-5-17(11-15)26(24,25)23-13-16-4-2-6-19(18(16)14-23)22-9-7-21-8-10-22;/h1-6,11,21H,7-10,13-14H2;1H. The van der Waals surface area contributed by atoms with Crippen molar-refractivity contribution in [2.24, 2.45) is 0 Å². The van der Waals surface area contributed by atoms with Crippen LogP contribution in [0.15, 0.2) is 47.4 Å². The number of hydrogen-bond acceptors (Lipinski definition) is 5. The summed E-state index contributed by atoms with van der Waals surface area (Å²) in [6.07, 6.45) is 0. The summed E-state index contributed by atoms with van der Waals surface area (Å²) in [6, 6.07) is 14.3. The largest absolute Gasteiger partial charge is 0.369 e. The third-order valence-corrected chi connectivity index (χ3v) is 6.78. The normalized spacial score (nSPS) is 17.1. The minimum absolute atomic E-state index is 0. The quantitative estimate of drug-likeness (QED) is 0.847. The highest BCUT2D eigenvalue weighted by molar-refractivity contribution is 7.89. The van der Waals surface area contributed by atoms with Gasteiger partial charge in [0.25, 0.3) is 0 Å². The first-order chi connectivity index (χ1) is 12.6. The molecule has 0 aliphatic carbocycles. The van der Waals surface area contributed by atoms with Crippen LogP contribution in [-0.2, 0) is 23.1 Å². The lowest BCUT2D eigenvalue weighted by Gasteiger charge is -2.31. The summed E-state index contributed by atoms with van der Waals surface area (Å²) < 4.78 is 27.6. The SMILES string of the molecule is Cl.N#Cc1cccc(S(=O)(=O)N2Cc3cccc(N4CCNCC4)c3C2)c1. The molecule has 0 atom stereocenters. The minimum atomic E-state index is -3.64. The second-order valence-corrected chi connectivity index (χ2v) is 8.50. The first kappa shape index (κ1) is 19.6. The van der Waals surface area contributed by atoms with E-state index in [0.29, 0.717) is 18.7 Å². The number of benzene rings is 2. The highest BCUT2D eigenvalue weighted by Crippen LogP contribution is 2.35. The second-order valence-electron chi connectivity index (χ2n) is 6.56. The predicted octanol–water partition coefficient (Wildman–Crippen LogP) is 2.09. The summed E-state index contributed by atoms with van der Waals surface area (Å²) in [5.74, 6) is 0. The molecule has 0 aromatic heterocycles. The van der Waals surface area contributed by atoms with Gasteiger partial charge in [0.05, 0.1) is 16.5 Å². The topological polar surface area (TPSA) is 76.4 Å². The maximum atomic E-state index is 13.1. The van der Waals surface area contributed by atoms with Crippen LogP contribution in [0.1, 0.15) is 16.7 Å². The van der Waals surface area contributed by atoms with E-state index in [0.717, 1.165) is 43.0 Å². The zero-order valence-electron chi connectivity index (χ0n) is 14.8. The van der Waals surface area contributed by atoms with Crippen molar-refractivity contribution in [1.29, 1.82) is 5.26 Å². The maximum Gasteiger partial charge on any atom is 0.243 e. The molecule has 0 spiro atoms. The number of anilines is 1. The number of nitrogens with zero attached hydrogens (tertiary/aromatic N) is 3. The minimum Gasteiger partial charge on any atom is -0.369 e. The average Bonchev–Trinajstić information content (AvgIpc) is 3.14. The van der Waals surface area contributed by atoms with E-state index >= 15 is 0 Å². The van der Waals surface area contributed by atoms with E-state index in [9.17, 15) is 8.42 Å². The van der Waals surface area contributed by atoms with Crippen molar-refractivity contribution in [3.8, 4) is 6.07 Å². The molecule has 1 fully saturated rings. The van der Waals surface area contributed by atoms with Gasteiger partial charge in [-0.05, 0) is 35.4 Å². The molecule has 1 N–H and O–H groups in total. The van der Waals surface area contributed by atoms with Crippen molar-refractivity contribution >= 4 is 28.1 Å². The van der Waals surface area contributed by atoms with E-state index in [4.69, 9.17) is 5.26 Å². The van der Waals surface area contributed by atoms with Gasteiger partial charge in [0, 0.05) is 45.0 Å². The molecular formula is C19H21ClN4O2S. The summed E-state index contributed by atoms with van der Waals surface area (Å²) in [4.78, 5) is 2.50. The molecule has 2 aromatic rings. The van der Waals surface area contributed by atoms with Crippen molar-refractivity contribution in [3.63, 3.8) is 0 Å². The fraction of sp³-hybridized carbons (Fsp3) is 0.316. The van der Waals surface area contributed by atoms with E-state index in [-0.39, 0.29) is 17.3 Å². The summed E-state index contributed by atoms with van der Waals surface area (Å²) >= 11 is 0. The Bertz CT molecular complexity index is 981. The van der Waals surface area contributed by atoms with Crippen LogP contribution in [0.25, 0.3) is 0 Å². The monoisotopic (exact) mass is 404 g/mol. The Balaban J connectivity index is 0.00000210. The van der Waals surface area contributed by atoms with Gasteiger partial charge in [0.15, 0.2) is 0 Å². The third-order valence-electron chi connectivity index (χ3n) is 4.99. The molecule has 2 heterocycles. The van der Waals surface area contributed by atoms with Crippen molar-refractivity contribution in [1.82, 2.24) is 9.62 Å². The number of nitrogens with one attached hydrogen (secondary N) is 1. The van der Waals surface area contributed by atoms with Gasteiger partial charge in [-0.25, -0.2) is 8.42 Å². The highest BCUT2D eigenvalue weighted by Gasteiger charge is 2.33. The number of sulfonamides is 1. The summed E-state index contributed by atoms with van der Waals surface area (Å²) in [6.45, 7) is 4.46. The molecule has 0 radical (unpaired) electrons. The molecule has 0 bridgehead atoms. The van der Waals surface area contributed by atoms with Crippen LogP contribution in [0.5, 0.6) is 0 Å². The van der Waals surface area contributed by atoms with E-state index in [1.54, 1.807) is 18.2 Å². The Kier molecular flexibility index (Phi) is 5.72. The molecule has 0 amide bonds. The highest BCUT2D eigenvalue weighted by atomic mass is 35.5. The van der Waals surface area contributed by atoms with Gasteiger partial charge in [-0.15, -0.1) is 12.4 Å². The first-order valence-corrected chi connectivity index (χ1v) is 10.1. The number of fused-ring (bicyclic) bond motifs is 1. The van der Waals surface area contributed by atoms with Gasteiger partial charge in [0.2, 0.25) is 10.0 Å². The van der Waals surface area contributed by atoms with Gasteiger partial charge in [0.1, 0.15) is 0 Å². The van der Waals surface area contributed by atoms with Crippen LogP contribution in [0.2, 0.25) is 0 Å². The smallest absolute Gasteiger partial charge is 0.243 e. The molecule has 2 aliphatic rings. The first-order valence-electron chi connectivity index (χ1n) is 8.66. The number of halogens is 1. The fourth-order valence-electron chi connectivity index (χ4n) is 3.62. The number of hydrogen-bond donors (Lipinski definition) is 1.